The standard InChI is InChI=1S/C42H70O35/c43-1-8-29-15(50)22(57)36(64-8)72-30-9(2-44)66-38(24(59)17(30)52)74-32-11(4-46)68-40(26(61)19(32)54)76-34-13(6-48)70-42(28(63)21(34)56)77-35-14(7-49)69-41(27(62)20(35)55)75-33-12(5-47)67-39(25(60)18(33)53)73-31-10(3-45)65-37(71-29)23(58)16(31)51/h8-63H,1-7H2/t8-,9-,10-,11-,12-,13-,14+,15+,16+,17-,18-,19-,20+,21+,22+,23+,24-,25-,26-,27+,28+,29-,30-,31-,32-,33-,34-,35-,36-,37-,38-,39-,40-,41-,42-/m1/s1. The van der Waals surface area contributed by atoms with E-state index < -0.39 is 261 Å². The van der Waals surface area contributed by atoms with Crippen LogP contribution in [-0.4, -0.2) is 368 Å². The smallest absolute Gasteiger partial charge is 0.187 e. The van der Waals surface area contributed by atoms with E-state index in [2.05, 4.69) is 0 Å². The predicted octanol–water partition coefficient (Wildman–Crippen LogP) is -15.2. The predicted molar refractivity (Wildman–Crippen MR) is 228 cm³/mol. The van der Waals surface area contributed by atoms with Gasteiger partial charge < -0.3 is 174 Å². The first kappa shape index (κ1) is 61.7. The highest BCUT2D eigenvalue weighted by atomic mass is 16.8. The van der Waals surface area contributed by atoms with E-state index >= 15 is 0 Å². The summed E-state index contributed by atoms with van der Waals surface area (Å²) in [5.74, 6) is 0. The zero-order valence-corrected chi connectivity index (χ0v) is 40.3. The van der Waals surface area contributed by atoms with Crippen molar-refractivity contribution >= 4 is 0 Å². The molecule has 0 amide bonds. The molecule has 0 aromatic carbocycles. The summed E-state index contributed by atoms with van der Waals surface area (Å²) in [6.45, 7) is -7.33. The van der Waals surface area contributed by atoms with Crippen LogP contribution in [0.1, 0.15) is 0 Å². The monoisotopic (exact) mass is 1130 g/mol. The Morgan fingerprint density at radius 3 is 0.351 bits per heavy atom. The van der Waals surface area contributed by atoms with Gasteiger partial charge in [-0.15, -0.1) is 0 Å². The van der Waals surface area contributed by atoms with Crippen molar-refractivity contribution in [1.29, 1.82) is 0 Å². The Balaban J connectivity index is 1.08. The third kappa shape index (κ3) is 12.1. The van der Waals surface area contributed by atoms with Crippen molar-refractivity contribution in [1.82, 2.24) is 0 Å². The first-order valence-electron chi connectivity index (χ1n) is 24.6. The second-order valence-electron chi connectivity index (χ2n) is 19.7. The normalized spacial score (nSPS) is 55.4. The molecule has 21 aliphatic heterocycles. The molecule has 77 heavy (non-hydrogen) atoms. The van der Waals surface area contributed by atoms with Crippen molar-refractivity contribution in [2.24, 2.45) is 0 Å². The highest BCUT2D eigenvalue weighted by Gasteiger charge is 2.59. The number of hydrogen-bond acceptors (Lipinski definition) is 35. The molecule has 0 spiro atoms. The topological polar surface area (TPSA) is 554 Å². The number of hydrogen-bond donors (Lipinski definition) is 21. The van der Waals surface area contributed by atoms with Gasteiger partial charge >= 0.3 is 0 Å². The average Bonchev–Trinajstić information content (AvgIpc) is 3.45. The Labute approximate surface area is 434 Å². The summed E-state index contributed by atoms with van der Waals surface area (Å²) < 4.78 is 79.5. The molecule has 35 heteroatoms. The van der Waals surface area contributed by atoms with Crippen LogP contribution < -0.4 is 0 Å². The van der Waals surface area contributed by atoms with Gasteiger partial charge in [-0.25, -0.2) is 0 Å². The molecule has 21 heterocycles. The molecule has 0 aromatic heterocycles. The number of aliphatic hydroxyl groups excluding tert-OH is 21. The van der Waals surface area contributed by atoms with Crippen LogP contribution >= 0.6 is 0 Å². The van der Waals surface area contributed by atoms with Crippen LogP contribution in [0.2, 0.25) is 0 Å². The van der Waals surface area contributed by atoms with E-state index in [-0.39, 0.29) is 0 Å². The van der Waals surface area contributed by atoms with Gasteiger partial charge in [0.25, 0.3) is 0 Å². The van der Waals surface area contributed by atoms with Gasteiger partial charge in [-0.3, -0.25) is 0 Å². The minimum atomic E-state index is -2.21. The van der Waals surface area contributed by atoms with Crippen molar-refractivity contribution in [3.63, 3.8) is 0 Å². The van der Waals surface area contributed by atoms with Crippen molar-refractivity contribution in [3.8, 4) is 0 Å². The van der Waals surface area contributed by atoms with E-state index in [1.807, 2.05) is 0 Å². The molecule has 21 fully saturated rings. The van der Waals surface area contributed by atoms with Gasteiger partial charge in [-0.2, -0.15) is 0 Å². The average molecular weight is 1130 g/mol. The first-order valence-corrected chi connectivity index (χ1v) is 24.6. The van der Waals surface area contributed by atoms with Gasteiger partial charge in [0.05, 0.1) is 46.2 Å². The van der Waals surface area contributed by atoms with Crippen LogP contribution in [0, 0.1) is 0 Å². The molecule has 21 aliphatic rings. The van der Waals surface area contributed by atoms with E-state index in [0.717, 1.165) is 0 Å². The Kier molecular flexibility index (Phi) is 20.8. The Morgan fingerprint density at radius 2 is 0.260 bits per heavy atom. The zero-order chi connectivity index (χ0) is 56.1. The Morgan fingerprint density at radius 1 is 0.156 bits per heavy atom. The number of ether oxygens (including phenoxy) is 14. The van der Waals surface area contributed by atoms with Gasteiger partial charge in [-0.1, -0.05) is 0 Å². The molecule has 448 valence electrons. The molecule has 21 rings (SSSR count). The maximum absolute atomic E-state index is 11.3. The van der Waals surface area contributed by atoms with E-state index in [4.69, 9.17) is 66.3 Å². The SMILES string of the molecule is OC[C@@H]1O[C@@H]2O[C@H]3[C@H](O)[C@@H](O)[C@@H](O[C@H]4[C@@H](O)[C@H](O)[C@@H](O[C@H]5[C@@H](O)[C@H](O)[C@@H](O[C@H]6[C@H](O)[C@@H](O)[C@@H](O[C@H]7[C@H](O)[C@@H](O)[C@@H](O[C@H]8[C@@H](O)[C@H](O)[C@@H](O[C@H]1[C@@H](O)[C@@H]2O)O[C@@H]8CO)O[C@@H]7CO)O[C@@H]6CO)O[C@@H]5CO)O[C@@H]4CO)O[C@@H]3CO. The number of rotatable bonds is 7. The lowest BCUT2D eigenvalue weighted by molar-refractivity contribution is -0.396. The molecule has 0 saturated carbocycles. The molecule has 35 nitrogen and oxygen atoms in total. The Bertz CT molecular complexity index is 1470. The summed E-state index contributed by atoms with van der Waals surface area (Å²) in [5.41, 5.74) is 0. The highest BCUT2D eigenvalue weighted by Crippen LogP contribution is 2.39. The molecule has 35 atom stereocenters. The van der Waals surface area contributed by atoms with Crippen LogP contribution in [0.3, 0.4) is 0 Å². The largest absolute Gasteiger partial charge is 0.394 e. The summed E-state index contributed by atoms with van der Waals surface area (Å²) >= 11 is 0. The van der Waals surface area contributed by atoms with Crippen molar-refractivity contribution < 1.29 is 174 Å². The van der Waals surface area contributed by atoms with Crippen LogP contribution in [0.4, 0.5) is 0 Å². The van der Waals surface area contributed by atoms with Crippen LogP contribution in [0.5, 0.6) is 0 Å². The lowest BCUT2D eigenvalue weighted by Gasteiger charge is -2.50. The van der Waals surface area contributed by atoms with E-state index in [9.17, 15) is 107 Å². The summed E-state index contributed by atoms with van der Waals surface area (Å²) in [4.78, 5) is 0. The zero-order valence-electron chi connectivity index (χ0n) is 40.3. The molecule has 14 bridgehead atoms. The van der Waals surface area contributed by atoms with E-state index in [1.54, 1.807) is 0 Å². The van der Waals surface area contributed by atoms with Gasteiger partial charge in [0.1, 0.15) is 171 Å². The summed E-state index contributed by atoms with van der Waals surface area (Å²) in [7, 11) is 0. The molecule has 0 aromatic rings. The minimum Gasteiger partial charge on any atom is -0.394 e. The molecule has 0 aliphatic carbocycles. The second kappa shape index (κ2) is 26.0. The fraction of sp³-hybridized carbons (Fsp3) is 1.00. The fourth-order valence-electron chi connectivity index (χ4n) is 10.4. The summed E-state index contributed by atoms with van der Waals surface area (Å²) in [6, 6.07) is 0. The van der Waals surface area contributed by atoms with Crippen LogP contribution in [0.25, 0.3) is 0 Å². The molecule has 21 saturated heterocycles. The highest BCUT2D eigenvalue weighted by molar-refractivity contribution is 5.01. The second-order valence-corrected chi connectivity index (χ2v) is 19.7. The molecule has 0 radical (unpaired) electrons. The lowest BCUT2D eigenvalue weighted by atomic mass is 9.95. The van der Waals surface area contributed by atoms with Crippen molar-refractivity contribution in [3.05, 3.63) is 0 Å². The number of aliphatic hydroxyl groups is 21. The summed E-state index contributed by atoms with van der Waals surface area (Å²) in [6.07, 6.45) is -70.2. The molecule has 0 unspecified atom stereocenters. The molecular formula is C42H70O35. The van der Waals surface area contributed by atoms with Crippen LogP contribution in [-0.2, 0) is 66.3 Å². The van der Waals surface area contributed by atoms with Crippen molar-refractivity contribution in [2.45, 2.75) is 215 Å². The first-order chi connectivity index (χ1) is 36.7. The summed E-state index contributed by atoms with van der Waals surface area (Å²) in [5, 5.41) is 230. The van der Waals surface area contributed by atoms with Gasteiger partial charge in [0, 0.05) is 0 Å². The lowest BCUT2D eigenvalue weighted by Crippen LogP contribution is -2.68. The van der Waals surface area contributed by atoms with Gasteiger partial charge in [0.15, 0.2) is 44.0 Å². The maximum atomic E-state index is 11.3. The third-order valence-electron chi connectivity index (χ3n) is 14.8. The third-order valence-corrected chi connectivity index (χ3v) is 14.8. The van der Waals surface area contributed by atoms with E-state index in [0.29, 0.717) is 0 Å². The quantitative estimate of drug-likeness (QED) is 0.113. The molecular weight excluding hydrogens is 1060 g/mol. The fourth-order valence-corrected chi connectivity index (χ4v) is 10.4. The van der Waals surface area contributed by atoms with Crippen molar-refractivity contribution in [2.75, 3.05) is 46.2 Å². The van der Waals surface area contributed by atoms with Crippen LogP contribution in [0.15, 0.2) is 0 Å². The Hall–Kier alpha value is -1.40. The maximum Gasteiger partial charge on any atom is 0.187 e. The minimum absolute atomic E-state index is 1.05. The van der Waals surface area contributed by atoms with Gasteiger partial charge in [-0.05, 0) is 0 Å². The molecule has 21 N–H and O–H groups in total. The van der Waals surface area contributed by atoms with E-state index in [1.165, 1.54) is 0 Å². The van der Waals surface area contributed by atoms with Gasteiger partial charge in [0.2, 0.25) is 0 Å².